The fourth-order valence-corrected chi connectivity index (χ4v) is 3.60. The molecule has 2 aromatic rings. The maximum Gasteiger partial charge on any atom is 0.259 e. The SMILES string of the molecule is Cc1noc([C@]23CCO[C@H]2CCN(C(=O)c2cnoc2C)C3)n1. The Morgan fingerprint density at radius 1 is 1.39 bits per heavy atom. The van der Waals surface area contributed by atoms with Gasteiger partial charge in [0.05, 0.1) is 17.7 Å². The Balaban J connectivity index is 1.66. The molecule has 2 aliphatic rings. The second kappa shape index (κ2) is 5.16. The number of hydrogen-bond donors (Lipinski definition) is 0. The fraction of sp³-hybridized carbons (Fsp3) is 0.600. The summed E-state index contributed by atoms with van der Waals surface area (Å²) in [5.74, 6) is 1.61. The van der Waals surface area contributed by atoms with Crippen LogP contribution in [0.4, 0.5) is 0 Å². The first-order valence-corrected chi connectivity index (χ1v) is 7.73. The molecule has 0 radical (unpaired) electrons. The molecular weight excluding hydrogens is 300 g/mol. The van der Waals surface area contributed by atoms with E-state index in [4.69, 9.17) is 13.8 Å². The first-order valence-electron chi connectivity index (χ1n) is 7.73. The van der Waals surface area contributed by atoms with Gasteiger partial charge in [-0.2, -0.15) is 4.98 Å². The third-order valence-corrected chi connectivity index (χ3v) is 4.84. The number of rotatable bonds is 2. The number of fused-ring (bicyclic) bond motifs is 1. The number of aryl methyl sites for hydroxylation is 2. The molecule has 2 fully saturated rings. The number of ether oxygens (including phenoxy) is 1. The maximum absolute atomic E-state index is 12.8. The van der Waals surface area contributed by atoms with E-state index in [1.807, 2.05) is 4.90 Å². The Morgan fingerprint density at radius 3 is 2.96 bits per heavy atom. The largest absolute Gasteiger partial charge is 0.377 e. The molecular formula is C15H18N4O4. The molecule has 122 valence electrons. The second-order valence-electron chi connectivity index (χ2n) is 6.22. The minimum absolute atomic E-state index is 0.00923. The number of piperidine rings is 1. The van der Waals surface area contributed by atoms with Crippen LogP contribution in [0.5, 0.6) is 0 Å². The van der Waals surface area contributed by atoms with E-state index < -0.39 is 5.41 Å². The fourth-order valence-electron chi connectivity index (χ4n) is 3.60. The predicted octanol–water partition coefficient (Wildman–Crippen LogP) is 1.25. The van der Waals surface area contributed by atoms with Gasteiger partial charge >= 0.3 is 0 Å². The van der Waals surface area contributed by atoms with Crippen LogP contribution in [0.1, 0.15) is 40.7 Å². The quantitative estimate of drug-likeness (QED) is 0.822. The molecule has 0 saturated carbocycles. The average Bonchev–Trinajstić information content (AvgIpc) is 3.25. The molecule has 2 atom stereocenters. The van der Waals surface area contributed by atoms with Crippen LogP contribution in [-0.4, -0.2) is 51.9 Å². The second-order valence-corrected chi connectivity index (χ2v) is 6.22. The van der Waals surface area contributed by atoms with Gasteiger partial charge in [-0.1, -0.05) is 10.3 Å². The van der Waals surface area contributed by atoms with E-state index in [2.05, 4.69) is 15.3 Å². The van der Waals surface area contributed by atoms with Crippen molar-refractivity contribution in [2.24, 2.45) is 0 Å². The lowest BCUT2D eigenvalue weighted by Crippen LogP contribution is -2.54. The monoisotopic (exact) mass is 318 g/mol. The first kappa shape index (κ1) is 14.4. The van der Waals surface area contributed by atoms with Gasteiger partial charge in [0, 0.05) is 19.7 Å². The number of likely N-dealkylation sites (tertiary alicyclic amines) is 1. The predicted molar refractivity (Wildman–Crippen MR) is 76.8 cm³/mol. The summed E-state index contributed by atoms with van der Waals surface area (Å²) in [6.45, 7) is 5.30. The van der Waals surface area contributed by atoms with Gasteiger partial charge in [-0.3, -0.25) is 4.79 Å². The number of amides is 1. The summed E-state index contributed by atoms with van der Waals surface area (Å²) in [5.41, 5.74) is 0.0829. The molecule has 4 rings (SSSR count). The highest BCUT2D eigenvalue weighted by atomic mass is 16.5. The van der Waals surface area contributed by atoms with Gasteiger partial charge in [-0.05, 0) is 26.7 Å². The van der Waals surface area contributed by atoms with Crippen molar-refractivity contribution in [1.29, 1.82) is 0 Å². The van der Waals surface area contributed by atoms with Crippen LogP contribution in [0.3, 0.4) is 0 Å². The third-order valence-electron chi connectivity index (χ3n) is 4.84. The molecule has 0 bridgehead atoms. The lowest BCUT2D eigenvalue weighted by atomic mass is 9.76. The molecule has 0 N–H and O–H groups in total. The number of carbonyl (C=O) groups is 1. The number of hydrogen-bond acceptors (Lipinski definition) is 7. The van der Waals surface area contributed by atoms with Crippen LogP contribution in [0, 0.1) is 13.8 Å². The third kappa shape index (κ3) is 2.16. The van der Waals surface area contributed by atoms with Crippen LogP contribution >= 0.6 is 0 Å². The van der Waals surface area contributed by atoms with Crippen molar-refractivity contribution < 1.29 is 18.6 Å². The number of aromatic nitrogens is 3. The Bertz CT molecular complexity index is 739. The summed E-state index contributed by atoms with van der Waals surface area (Å²) < 4.78 is 16.3. The summed E-state index contributed by atoms with van der Waals surface area (Å²) in [4.78, 5) is 19.0. The van der Waals surface area contributed by atoms with Gasteiger partial charge in [-0.25, -0.2) is 0 Å². The van der Waals surface area contributed by atoms with Gasteiger partial charge in [0.1, 0.15) is 11.3 Å². The summed E-state index contributed by atoms with van der Waals surface area (Å²) in [6, 6.07) is 0. The van der Waals surface area contributed by atoms with Crippen molar-refractivity contribution in [3.8, 4) is 0 Å². The Morgan fingerprint density at radius 2 is 2.26 bits per heavy atom. The van der Waals surface area contributed by atoms with E-state index >= 15 is 0 Å². The summed E-state index contributed by atoms with van der Waals surface area (Å²) in [7, 11) is 0. The smallest absolute Gasteiger partial charge is 0.259 e. The van der Waals surface area contributed by atoms with Gasteiger partial charge in [-0.15, -0.1) is 0 Å². The van der Waals surface area contributed by atoms with Gasteiger partial charge < -0.3 is 18.7 Å². The highest BCUT2D eigenvalue weighted by molar-refractivity contribution is 5.95. The summed E-state index contributed by atoms with van der Waals surface area (Å²) >= 11 is 0. The van der Waals surface area contributed by atoms with Crippen LogP contribution in [-0.2, 0) is 10.2 Å². The highest BCUT2D eigenvalue weighted by Gasteiger charge is 2.53. The highest BCUT2D eigenvalue weighted by Crippen LogP contribution is 2.43. The zero-order chi connectivity index (χ0) is 16.0. The molecule has 8 heteroatoms. The van der Waals surface area contributed by atoms with Crippen LogP contribution in [0.25, 0.3) is 0 Å². The minimum atomic E-state index is -0.416. The zero-order valence-corrected chi connectivity index (χ0v) is 13.1. The molecule has 23 heavy (non-hydrogen) atoms. The van der Waals surface area contributed by atoms with E-state index in [1.54, 1.807) is 13.8 Å². The van der Waals surface area contributed by atoms with Gasteiger partial charge in [0.15, 0.2) is 5.82 Å². The summed E-state index contributed by atoms with van der Waals surface area (Å²) in [6.07, 6.45) is 3.00. The van der Waals surface area contributed by atoms with Gasteiger partial charge in [0.25, 0.3) is 5.91 Å². The Kier molecular flexibility index (Phi) is 3.22. The minimum Gasteiger partial charge on any atom is -0.377 e. The average molecular weight is 318 g/mol. The number of nitrogens with zero attached hydrogens (tertiary/aromatic N) is 4. The molecule has 2 aromatic heterocycles. The molecule has 4 heterocycles. The van der Waals surface area contributed by atoms with E-state index in [-0.39, 0.29) is 12.0 Å². The molecule has 0 spiro atoms. The van der Waals surface area contributed by atoms with Crippen molar-refractivity contribution in [3.63, 3.8) is 0 Å². The normalized spacial score (nSPS) is 27.2. The maximum atomic E-state index is 12.8. The van der Waals surface area contributed by atoms with E-state index in [0.29, 0.717) is 42.7 Å². The van der Waals surface area contributed by atoms with Crippen molar-refractivity contribution in [3.05, 3.63) is 29.2 Å². The van der Waals surface area contributed by atoms with E-state index in [0.717, 1.165) is 12.8 Å². The van der Waals surface area contributed by atoms with Crippen LogP contribution in [0.15, 0.2) is 15.2 Å². The molecule has 0 unspecified atom stereocenters. The molecule has 2 saturated heterocycles. The Hall–Kier alpha value is -2.22. The molecule has 8 nitrogen and oxygen atoms in total. The molecule has 0 aromatic carbocycles. The first-order chi connectivity index (χ1) is 11.1. The Labute approximate surface area is 132 Å². The topological polar surface area (TPSA) is 94.5 Å². The van der Waals surface area contributed by atoms with Crippen LogP contribution in [0.2, 0.25) is 0 Å². The van der Waals surface area contributed by atoms with Crippen molar-refractivity contribution in [1.82, 2.24) is 20.2 Å². The lowest BCUT2D eigenvalue weighted by Gasteiger charge is -2.41. The zero-order valence-electron chi connectivity index (χ0n) is 13.1. The standard InChI is InChI=1S/C15H18N4O4/c1-9-11(7-16-22-9)13(20)19-5-3-12-15(8-19,4-6-21-12)14-17-10(2)18-23-14/h7,12H,3-6,8H2,1-2H3/t12-,15-/m0/s1. The van der Waals surface area contributed by atoms with Crippen molar-refractivity contribution in [2.75, 3.05) is 19.7 Å². The molecule has 0 aliphatic carbocycles. The summed E-state index contributed by atoms with van der Waals surface area (Å²) in [5, 5.41) is 7.61. The van der Waals surface area contributed by atoms with Gasteiger partial charge in [0.2, 0.25) is 5.89 Å². The lowest BCUT2D eigenvalue weighted by molar-refractivity contribution is 0.00818. The van der Waals surface area contributed by atoms with Crippen molar-refractivity contribution >= 4 is 5.91 Å². The van der Waals surface area contributed by atoms with E-state index in [9.17, 15) is 4.79 Å². The number of carbonyl (C=O) groups excluding carboxylic acids is 1. The molecule has 2 aliphatic heterocycles. The molecule has 1 amide bonds. The van der Waals surface area contributed by atoms with E-state index in [1.165, 1.54) is 6.20 Å². The van der Waals surface area contributed by atoms with Crippen LogP contribution < -0.4 is 0 Å². The van der Waals surface area contributed by atoms with Crippen molar-refractivity contribution in [2.45, 2.75) is 38.2 Å².